The largest absolute Gasteiger partial charge is 0.366 e. The molecular formula is C15H21NO2. The highest BCUT2D eigenvalue weighted by atomic mass is 16.5. The van der Waals surface area contributed by atoms with Crippen LogP contribution in [0.15, 0.2) is 30.3 Å². The van der Waals surface area contributed by atoms with Gasteiger partial charge in [0.1, 0.15) is 6.10 Å². The lowest BCUT2D eigenvalue weighted by molar-refractivity contribution is -0.141. The highest BCUT2D eigenvalue weighted by Gasteiger charge is 2.30. The van der Waals surface area contributed by atoms with E-state index < -0.39 is 0 Å². The summed E-state index contributed by atoms with van der Waals surface area (Å²) < 4.78 is 5.72. The van der Waals surface area contributed by atoms with E-state index in [0.717, 1.165) is 12.0 Å². The predicted molar refractivity (Wildman–Crippen MR) is 71.3 cm³/mol. The van der Waals surface area contributed by atoms with Crippen LogP contribution >= 0.6 is 0 Å². The second kappa shape index (κ2) is 6.01. The molecule has 3 nitrogen and oxygen atoms in total. The minimum absolute atomic E-state index is 0.0235. The molecule has 0 radical (unpaired) electrons. The highest BCUT2D eigenvalue weighted by Crippen LogP contribution is 2.16. The molecule has 1 aromatic rings. The van der Waals surface area contributed by atoms with Crippen molar-refractivity contribution in [1.29, 1.82) is 0 Å². The minimum Gasteiger partial charge on any atom is -0.366 e. The SMILES string of the molecule is CCC(C)[C@H]1CO[C@@H](Cc2ccccc2)C(=O)N1. The number of hydrogen-bond acceptors (Lipinski definition) is 2. The van der Waals surface area contributed by atoms with Crippen molar-refractivity contribution in [2.45, 2.75) is 38.8 Å². The van der Waals surface area contributed by atoms with E-state index >= 15 is 0 Å². The van der Waals surface area contributed by atoms with Gasteiger partial charge in [-0.3, -0.25) is 4.79 Å². The number of rotatable bonds is 4. The average Bonchev–Trinajstić information content (AvgIpc) is 2.41. The zero-order valence-electron chi connectivity index (χ0n) is 11.1. The van der Waals surface area contributed by atoms with Crippen LogP contribution in [0.4, 0.5) is 0 Å². The third-order valence-electron chi connectivity index (χ3n) is 3.69. The fourth-order valence-electron chi connectivity index (χ4n) is 2.18. The summed E-state index contributed by atoms with van der Waals surface area (Å²) in [6.07, 6.45) is 1.37. The molecule has 98 valence electrons. The van der Waals surface area contributed by atoms with Crippen LogP contribution in [0, 0.1) is 5.92 Å². The molecule has 0 saturated carbocycles. The summed E-state index contributed by atoms with van der Waals surface area (Å²) in [5, 5.41) is 3.07. The lowest BCUT2D eigenvalue weighted by Crippen LogP contribution is -2.54. The van der Waals surface area contributed by atoms with Crippen molar-refractivity contribution in [2.75, 3.05) is 6.61 Å². The molecule has 0 bridgehead atoms. The number of carbonyl (C=O) groups is 1. The first-order valence-electron chi connectivity index (χ1n) is 6.66. The summed E-state index contributed by atoms with van der Waals surface area (Å²) in [4.78, 5) is 12.0. The van der Waals surface area contributed by atoms with Gasteiger partial charge < -0.3 is 10.1 Å². The topological polar surface area (TPSA) is 38.3 Å². The number of nitrogens with one attached hydrogen (secondary N) is 1. The first kappa shape index (κ1) is 13.1. The van der Waals surface area contributed by atoms with Gasteiger partial charge in [0, 0.05) is 6.42 Å². The van der Waals surface area contributed by atoms with Gasteiger partial charge in [-0.2, -0.15) is 0 Å². The quantitative estimate of drug-likeness (QED) is 0.885. The van der Waals surface area contributed by atoms with Crippen LogP contribution in [0.2, 0.25) is 0 Å². The van der Waals surface area contributed by atoms with Gasteiger partial charge in [0.15, 0.2) is 0 Å². The van der Waals surface area contributed by atoms with Crippen LogP contribution in [0.5, 0.6) is 0 Å². The molecule has 0 spiro atoms. The Morgan fingerprint density at radius 1 is 1.39 bits per heavy atom. The molecular weight excluding hydrogens is 226 g/mol. The monoisotopic (exact) mass is 247 g/mol. The van der Waals surface area contributed by atoms with Gasteiger partial charge in [0.05, 0.1) is 12.6 Å². The Balaban J connectivity index is 1.92. The molecule has 1 amide bonds. The first-order chi connectivity index (χ1) is 8.70. The Morgan fingerprint density at radius 2 is 2.11 bits per heavy atom. The molecule has 0 aliphatic carbocycles. The molecule has 1 fully saturated rings. The molecule has 1 unspecified atom stereocenters. The van der Waals surface area contributed by atoms with Crippen molar-refractivity contribution in [3.63, 3.8) is 0 Å². The predicted octanol–water partition coefficient (Wildman–Crippen LogP) is 2.16. The number of morpholine rings is 1. The summed E-state index contributed by atoms with van der Waals surface area (Å²) in [5.74, 6) is 0.488. The van der Waals surface area contributed by atoms with Crippen LogP contribution in [0.25, 0.3) is 0 Å². The third-order valence-corrected chi connectivity index (χ3v) is 3.69. The van der Waals surface area contributed by atoms with Gasteiger partial charge in [0.25, 0.3) is 0 Å². The standard InChI is InChI=1S/C15H21NO2/c1-3-11(2)13-10-18-14(15(17)16-13)9-12-7-5-4-6-8-12/h4-8,11,13-14H,3,9-10H2,1-2H3,(H,16,17)/t11?,13-,14+/m1/s1. The Bertz CT molecular complexity index is 391. The maximum absolute atomic E-state index is 12.0. The van der Waals surface area contributed by atoms with E-state index in [2.05, 4.69) is 19.2 Å². The van der Waals surface area contributed by atoms with Crippen LogP contribution in [0.3, 0.4) is 0 Å². The van der Waals surface area contributed by atoms with E-state index in [1.807, 2.05) is 30.3 Å². The van der Waals surface area contributed by atoms with Gasteiger partial charge in [-0.15, -0.1) is 0 Å². The number of amides is 1. The lowest BCUT2D eigenvalue weighted by Gasteiger charge is -2.32. The lowest BCUT2D eigenvalue weighted by atomic mass is 9.97. The van der Waals surface area contributed by atoms with Crippen molar-refractivity contribution in [3.8, 4) is 0 Å². The maximum atomic E-state index is 12.0. The molecule has 3 heteroatoms. The van der Waals surface area contributed by atoms with E-state index in [0.29, 0.717) is 18.9 Å². The van der Waals surface area contributed by atoms with Crippen molar-refractivity contribution >= 4 is 5.91 Å². The summed E-state index contributed by atoms with van der Waals surface area (Å²) >= 11 is 0. The van der Waals surface area contributed by atoms with Gasteiger partial charge >= 0.3 is 0 Å². The maximum Gasteiger partial charge on any atom is 0.249 e. The van der Waals surface area contributed by atoms with E-state index in [1.54, 1.807) is 0 Å². The molecule has 18 heavy (non-hydrogen) atoms. The Hall–Kier alpha value is -1.35. The van der Waals surface area contributed by atoms with Crippen LogP contribution < -0.4 is 5.32 Å². The number of benzene rings is 1. The molecule has 1 aliphatic heterocycles. The second-order valence-corrected chi connectivity index (χ2v) is 5.01. The fourth-order valence-corrected chi connectivity index (χ4v) is 2.18. The molecule has 1 saturated heterocycles. The molecule has 1 aromatic carbocycles. The molecule has 1 N–H and O–H groups in total. The third kappa shape index (κ3) is 3.10. The van der Waals surface area contributed by atoms with E-state index in [4.69, 9.17) is 4.74 Å². The Kier molecular flexibility index (Phi) is 4.37. The normalized spacial score (nSPS) is 25.6. The van der Waals surface area contributed by atoms with Crippen LogP contribution in [-0.4, -0.2) is 24.7 Å². The van der Waals surface area contributed by atoms with Crippen LogP contribution in [-0.2, 0) is 16.0 Å². The Labute approximate surface area is 109 Å². The van der Waals surface area contributed by atoms with Crippen molar-refractivity contribution in [1.82, 2.24) is 5.32 Å². The zero-order chi connectivity index (χ0) is 13.0. The number of hydrogen-bond donors (Lipinski definition) is 1. The van der Waals surface area contributed by atoms with Gasteiger partial charge in [-0.05, 0) is 11.5 Å². The van der Waals surface area contributed by atoms with Crippen LogP contribution in [0.1, 0.15) is 25.8 Å². The van der Waals surface area contributed by atoms with E-state index in [9.17, 15) is 4.79 Å². The molecule has 3 atom stereocenters. The average molecular weight is 247 g/mol. The van der Waals surface area contributed by atoms with Crippen molar-refractivity contribution in [3.05, 3.63) is 35.9 Å². The summed E-state index contributed by atoms with van der Waals surface area (Å²) in [5.41, 5.74) is 1.14. The zero-order valence-corrected chi connectivity index (χ0v) is 11.1. The summed E-state index contributed by atoms with van der Waals surface area (Å²) in [7, 11) is 0. The molecule has 1 heterocycles. The van der Waals surface area contributed by atoms with Gasteiger partial charge in [-0.1, -0.05) is 50.6 Å². The first-order valence-corrected chi connectivity index (χ1v) is 6.66. The van der Waals surface area contributed by atoms with Crippen molar-refractivity contribution in [2.24, 2.45) is 5.92 Å². The summed E-state index contributed by atoms with van der Waals surface area (Å²) in [6, 6.07) is 10.2. The number of carbonyl (C=O) groups excluding carboxylic acids is 1. The number of ether oxygens (including phenoxy) is 1. The highest BCUT2D eigenvalue weighted by molar-refractivity contribution is 5.82. The smallest absolute Gasteiger partial charge is 0.249 e. The summed E-state index contributed by atoms with van der Waals surface area (Å²) in [6.45, 7) is 4.90. The van der Waals surface area contributed by atoms with Gasteiger partial charge in [0.2, 0.25) is 5.91 Å². The van der Waals surface area contributed by atoms with E-state index in [-0.39, 0.29) is 18.1 Å². The van der Waals surface area contributed by atoms with E-state index in [1.165, 1.54) is 0 Å². The molecule has 0 aromatic heterocycles. The minimum atomic E-state index is -0.340. The van der Waals surface area contributed by atoms with Crippen molar-refractivity contribution < 1.29 is 9.53 Å². The Morgan fingerprint density at radius 3 is 2.72 bits per heavy atom. The molecule has 2 rings (SSSR count). The molecule has 1 aliphatic rings. The fraction of sp³-hybridized carbons (Fsp3) is 0.533. The second-order valence-electron chi connectivity index (χ2n) is 5.01. The van der Waals surface area contributed by atoms with Gasteiger partial charge in [-0.25, -0.2) is 0 Å².